The Morgan fingerprint density at radius 3 is 2.88 bits per heavy atom. The minimum absolute atomic E-state index is 0.732. The summed E-state index contributed by atoms with van der Waals surface area (Å²) in [4.78, 5) is 2.56. The van der Waals surface area contributed by atoms with Crippen molar-refractivity contribution in [1.29, 1.82) is 0 Å². The molecule has 0 bridgehead atoms. The SMILES string of the molecule is CCC1C=C(COC)C2=C(C1)CN(CC)CC2. The fourth-order valence-corrected chi connectivity index (χ4v) is 3.05. The Bertz CT molecular complexity index is 330. The van der Waals surface area contributed by atoms with Gasteiger partial charge in [-0.25, -0.2) is 0 Å². The minimum Gasteiger partial charge on any atom is -0.380 e. The van der Waals surface area contributed by atoms with Gasteiger partial charge in [0.05, 0.1) is 6.61 Å². The molecule has 1 heterocycles. The second-order valence-electron chi connectivity index (χ2n) is 5.20. The van der Waals surface area contributed by atoms with Crippen LogP contribution in [0.25, 0.3) is 0 Å². The summed E-state index contributed by atoms with van der Waals surface area (Å²) in [6.45, 7) is 8.92. The molecule has 1 unspecified atom stereocenters. The molecule has 1 atom stereocenters. The van der Waals surface area contributed by atoms with E-state index in [1.807, 2.05) is 0 Å². The third-order valence-corrected chi connectivity index (χ3v) is 4.12. The molecule has 2 aliphatic rings. The zero-order valence-corrected chi connectivity index (χ0v) is 11.5. The molecular formula is C15H25NO. The molecule has 0 N–H and O–H groups in total. The standard InChI is InChI=1S/C15H25NO/c1-4-12-8-13-10-16(5-2)7-6-15(13)14(9-12)11-17-3/h9,12H,4-8,10-11H2,1-3H3. The summed E-state index contributed by atoms with van der Waals surface area (Å²) in [6, 6.07) is 0. The molecule has 0 saturated carbocycles. The summed E-state index contributed by atoms with van der Waals surface area (Å²) in [5, 5.41) is 0. The molecular weight excluding hydrogens is 210 g/mol. The van der Waals surface area contributed by atoms with Crippen molar-refractivity contribution in [2.75, 3.05) is 33.4 Å². The Hall–Kier alpha value is -0.600. The zero-order chi connectivity index (χ0) is 12.3. The smallest absolute Gasteiger partial charge is 0.0712 e. The number of allylic oxidation sites excluding steroid dienone is 1. The van der Waals surface area contributed by atoms with Crippen molar-refractivity contribution in [2.24, 2.45) is 5.92 Å². The second-order valence-corrected chi connectivity index (χ2v) is 5.20. The van der Waals surface area contributed by atoms with Crippen LogP contribution < -0.4 is 0 Å². The van der Waals surface area contributed by atoms with Gasteiger partial charge in [0, 0.05) is 20.2 Å². The lowest BCUT2D eigenvalue weighted by Crippen LogP contribution is -2.34. The van der Waals surface area contributed by atoms with Crippen LogP contribution in [-0.2, 0) is 4.74 Å². The summed E-state index contributed by atoms with van der Waals surface area (Å²) in [5.74, 6) is 0.732. The molecule has 17 heavy (non-hydrogen) atoms. The lowest BCUT2D eigenvalue weighted by atomic mass is 9.80. The lowest BCUT2D eigenvalue weighted by Gasteiger charge is -2.35. The number of nitrogens with zero attached hydrogens (tertiary/aromatic N) is 1. The van der Waals surface area contributed by atoms with Crippen molar-refractivity contribution in [3.05, 3.63) is 22.8 Å². The van der Waals surface area contributed by atoms with Gasteiger partial charge in [0.15, 0.2) is 0 Å². The first-order valence-electron chi connectivity index (χ1n) is 6.91. The molecule has 2 nitrogen and oxygen atoms in total. The van der Waals surface area contributed by atoms with Crippen LogP contribution in [0.3, 0.4) is 0 Å². The van der Waals surface area contributed by atoms with Crippen LogP contribution in [-0.4, -0.2) is 38.3 Å². The highest BCUT2D eigenvalue weighted by Gasteiger charge is 2.25. The minimum atomic E-state index is 0.732. The highest BCUT2D eigenvalue weighted by atomic mass is 16.5. The van der Waals surface area contributed by atoms with Crippen molar-refractivity contribution >= 4 is 0 Å². The van der Waals surface area contributed by atoms with Crippen LogP contribution in [0.5, 0.6) is 0 Å². The monoisotopic (exact) mass is 235 g/mol. The Kier molecular flexibility index (Phi) is 4.41. The van der Waals surface area contributed by atoms with Gasteiger partial charge in [0.25, 0.3) is 0 Å². The van der Waals surface area contributed by atoms with E-state index in [1.165, 1.54) is 44.5 Å². The van der Waals surface area contributed by atoms with E-state index in [9.17, 15) is 0 Å². The average molecular weight is 235 g/mol. The molecule has 96 valence electrons. The maximum absolute atomic E-state index is 5.36. The van der Waals surface area contributed by atoms with Crippen molar-refractivity contribution in [2.45, 2.75) is 33.1 Å². The topological polar surface area (TPSA) is 12.5 Å². The molecule has 1 aliphatic carbocycles. The van der Waals surface area contributed by atoms with E-state index in [0.717, 1.165) is 12.5 Å². The van der Waals surface area contributed by atoms with E-state index in [0.29, 0.717) is 0 Å². The van der Waals surface area contributed by atoms with Gasteiger partial charge in [-0.15, -0.1) is 0 Å². The Morgan fingerprint density at radius 1 is 1.41 bits per heavy atom. The number of likely N-dealkylation sites (N-methyl/N-ethyl adjacent to an activating group) is 1. The molecule has 1 aliphatic heterocycles. The quantitative estimate of drug-likeness (QED) is 0.742. The molecule has 0 aromatic rings. The van der Waals surface area contributed by atoms with Crippen molar-refractivity contribution in [1.82, 2.24) is 4.90 Å². The fraction of sp³-hybridized carbons (Fsp3) is 0.733. The van der Waals surface area contributed by atoms with Crippen LogP contribution in [0, 0.1) is 5.92 Å². The fourth-order valence-electron chi connectivity index (χ4n) is 3.05. The van der Waals surface area contributed by atoms with E-state index in [4.69, 9.17) is 4.74 Å². The Morgan fingerprint density at radius 2 is 2.24 bits per heavy atom. The molecule has 0 radical (unpaired) electrons. The van der Waals surface area contributed by atoms with Crippen molar-refractivity contribution in [3.63, 3.8) is 0 Å². The van der Waals surface area contributed by atoms with Crippen molar-refractivity contribution < 1.29 is 4.74 Å². The van der Waals surface area contributed by atoms with Gasteiger partial charge in [-0.2, -0.15) is 0 Å². The van der Waals surface area contributed by atoms with Gasteiger partial charge in [-0.05, 0) is 42.9 Å². The summed E-state index contributed by atoms with van der Waals surface area (Å²) in [7, 11) is 1.80. The first-order valence-corrected chi connectivity index (χ1v) is 6.91. The number of hydrogen-bond donors (Lipinski definition) is 0. The number of ether oxygens (including phenoxy) is 1. The van der Waals surface area contributed by atoms with Crippen LogP contribution in [0.15, 0.2) is 22.8 Å². The second kappa shape index (κ2) is 5.83. The summed E-state index contributed by atoms with van der Waals surface area (Å²) in [5.41, 5.74) is 4.76. The predicted octanol–water partition coefficient (Wildman–Crippen LogP) is 3.01. The van der Waals surface area contributed by atoms with E-state index in [-0.39, 0.29) is 0 Å². The molecule has 0 fully saturated rings. The number of rotatable bonds is 4. The summed E-state index contributed by atoms with van der Waals surface area (Å²) < 4.78 is 5.36. The molecule has 0 spiro atoms. The van der Waals surface area contributed by atoms with Gasteiger partial charge in [-0.3, -0.25) is 4.90 Å². The molecule has 0 amide bonds. The maximum atomic E-state index is 5.36. The van der Waals surface area contributed by atoms with Gasteiger partial charge in [0.2, 0.25) is 0 Å². The Balaban J connectivity index is 2.19. The van der Waals surface area contributed by atoms with Gasteiger partial charge in [-0.1, -0.05) is 25.5 Å². The Labute approximate surface area is 105 Å². The molecule has 0 aromatic heterocycles. The molecule has 2 rings (SSSR count). The largest absolute Gasteiger partial charge is 0.380 e. The zero-order valence-electron chi connectivity index (χ0n) is 11.5. The van der Waals surface area contributed by atoms with E-state index in [2.05, 4.69) is 24.8 Å². The van der Waals surface area contributed by atoms with Crippen LogP contribution in [0.2, 0.25) is 0 Å². The summed E-state index contributed by atoms with van der Waals surface area (Å²) in [6.07, 6.45) is 6.20. The first-order chi connectivity index (χ1) is 8.28. The van der Waals surface area contributed by atoms with E-state index in [1.54, 1.807) is 18.3 Å². The lowest BCUT2D eigenvalue weighted by molar-refractivity contribution is 0.222. The third kappa shape index (κ3) is 2.80. The number of methoxy groups -OCH3 is 1. The summed E-state index contributed by atoms with van der Waals surface area (Å²) >= 11 is 0. The normalized spacial score (nSPS) is 25.8. The van der Waals surface area contributed by atoms with Crippen LogP contribution in [0.4, 0.5) is 0 Å². The molecule has 2 heteroatoms. The first kappa shape index (κ1) is 12.8. The molecule has 0 aromatic carbocycles. The van der Waals surface area contributed by atoms with E-state index >= 15 is 0 Å². The maximum Gasteiger partial charge on any atom is 0.0712 e. The predicted molar refractivity (Wildman–Crippen MR) is 72.1 cm³/mol. The van der Waals surface area contributed by atoms with Gasteiger partial charge in [0.1, 0.15) is 0 Å². The highest BCUT2D eigenvalue weighted by molar-refractivity contribution is 5.42. The van der Waals surface area contributed by atoms with Crippen molar-refractivity contribution in [3.8, 4) is 0 Å². The van der Waals surface area contributed by atoms with Crippen LogP contribution in [0.1, 0.15) is 33.1 Å². The highest BCUT2D eigenvalue weighted by Crippen LogP contribution is 2.35. The van der Waals surface area contributed by atoms with Crippen LogP contribution >= 0.6 is 0 Å². The molecule has 0 saturated heterocycles. The van der Waals surface area contributed by atoms with E-state index < -0.39 is 0 Å². The third-order valence-electron chi connectivity index (χ3n) is 4.12. The van der Waals surface area contributed by atoms with Gasteiger partial charge < -0.3 is 4.74 Å². The average Bonchev–Trinajstić information content (AvgIpc) is 2.38. The number of hydrogen-bond acceptors (Lipinski definition) is 2. The van der Waals surface area contributed by atoms with Gasteiger partial charge >= 0.3 is 0 Å².